The van der Waals surface area contributed by atoms with Gasteiger partial charge >= 0.3 is 0 Å². The van der Waals surface area contributed by atoms with E-state index in [0.29, 0.717) is 18.7 Å². The lowest BCUT2D eigenvalue weighted by Crippen LogP contribution is -2.30. The van der Waals surface area contributed by atoms with Gasteiger partial charge in [0.1, 0.15) is 12.1 Å². The number of nitrogens with zero attached hydrogens (tertiary/aromatic N) is 6. The van der Waals surface area contributed by atoms with Gasteiger partial charge in [0, 0.05) is 44.5 Å². The highest BCUT2D eigenvalue weighted by molar-refractivity contribution is 5.90. The molecule has 1 amide bonds. The van der Waals surface area contributed by atoms with Gasteiger partial charge in [0.2, 0.25) is 5.82 Å². The van der Waals surface area contributed by atoms with Gasteiger partial charge in [-0.05, 0) is 26.7 Å². The third kappa shape index (κ3) is 3.88. The van der Waals surface area contributed by atoms with Crippen molar-refractivity contribution in [2.24, 2.45) is 0 Å². The first-order valence-electron chi connectivity index (χ1n) is 9.39. The molecular weight excluding hydrogens is 361 g/mol. The summed E-state index contributed by atoms with van der Waals surface area (Å²) < 4.78 is 14.4. The highest BCUT2D eigenvalue weighted by Gasteiger charge is 2.28. The van der Waals surface area contributed by atoms with Crippen molar-refractivity contribution in [1.82, 2.24) is 24.8 Å². The van der Waals surface area contributed by atoms with E-state index in [4.69, 9.17) is 0 Å². The molecule has 2 aromatic rings. The summed E-state index contributed by atoms with van der Waals surface area (Å²) in [6.07, 6.45) is 2.71. The number of anilines is 2. The first-order valence-corrected chi connectivity index (χ1v) is 9.39. The maximum atomic E-state index is 14.4. The molecule has 3 heterocycles. The van der Waals surface area contributed by atoms with E-state index in [1.807, 2.05) is 20.8 Å². The zero-order valence-electron chi connectivity index (χ0n) is 17.0. The van der Waals surface area contributed by atoms with Crippen LogP contribution in [0.2, 0.25) is 0 Å². The normalized spacial score (nSPS) is 16.4. The van der Waals surface area contributed by atoms with Gasteiger partial charge in [-0.2, -0.15) is 0 Å². The molecular formula is C19H26FN7O. The van der Waals surface area contributed by atoms with Gasteiger partial charge in [0.25, 0.3) is 5.91 Å². The molecule has 0 saturated carbocycles. The Kier molecular flexibility index (Phi) is 5.71. The summed E-state index contributed by atoms with van der Waals surface area (Å²) in [7, 11) is 3.36. The highest BCUT2D eigenvalue weighted by Crippen LogP contribution is 2.26. The standard InChI is InChI=1S/C19H26FN7O/c1-6-14-15(20)16(22-10-21-14)24-13-7-8-27(9-13)18-11(2)12(3)23-17(25-18)19(28)26(4)5/h10,13H,6-9H2,1-5H3,(H,21,22,24)/t13-/m1/s1. The SMILES string of the molecule is CCc1ncnc(N[C@@H]2CCN(c3nc(C(=O)N(C)C)nc(C)c3C)C2)c1F. The van der Waals surface area contributed by atoms with Crippen molar-refractivity contribution in [2.75, 3.05) is 37.4 Å². The number of amides is 1. The summed E-state index contributed by atoms with van der Waals surface area (Å²) in [6, 6.07) is 0.0248. The van der Waals surface area contributed by atoms with Gasteiger partial charge in [0.15, 0.2) is 11.6 Å². The molecule has 0 radical (unpaired) electrons. The van der Waals surface area contributed by atoms with Crippen LogP contribution in [0.15, 0.2) is 6.33 Å². The molecule has 0 bridgehead atoms. The second-order valence-electron chi connectivity index (χ2n) is 7.19. The van der Waals surface area contributed by atoms with Crippen LogP contribution in [-0.2, 0) is 6.42 Å². The maximum absolute atomic E-state index is 14.4. The topological polar surface area (TPSA) is 87.1 Å². The second kappa shape index (κ2) is 8.04. The molecule has 3 rings (SSSR count). The van der Waals surface area contributed by atoms with Crippen LogP contribution < -0.4 is 10.2 Å². The Morgan fingerprint density at radius 1 is 1.32 bits per heavy atom. The lowest BCUT2D eigenvalue weighted by Gasteiger charge is -2.22. The van der Waals surface area contributed by atoms with E-state index >= 15 is 0 Å². The Bertz CT molecular complexity index is 887. The molecule has 0 aromatic carbocycles. The molecule has 8 nitrogen and oxygen atoms in total. The van der Waals surface area contributed by atoms with Crippen molar-refractivity contribution in [2.45, 2.75) is 39.7 Å². The Morgan fingerprint density at radius 3 is 2.75 bits per heavy atom. The fourth-order valence-electron chi connectivity index (χ4n) is 3.23. The number of hydrogen-bond donors (Lipinski definition) is 1. The number of carbonyl (C=O) groups is 1. The third-order valence-corrected chi connectivity index (χ3v) is 4.99. The lowest BCUT2D eigenvalue weighted by atomic mass is 10.2. The number of hydrogen-bond acceptors (Lipinski definition) is 7. The van der Waals surface area contributed by atoms with Crippen LogP contribution in [0.5, 0.6) is 0 Å². The van der Waals surface area contributed by atoms with Gasteiger partial charge in [0.05, 0.1) is 5.69 Å². The first kappa shape index (κ1) is 19.9. The monoisotopic (exact) mass is 387 g/mol. The van der Waals surface area contributed by atoms with Crippen molar-refractivity contribution in [1.29, 1.82) is 0 Å². The number of halogens is 1. The molecule has 0 aliphatic carbocycles. The average Bonchev–Trinajstić information content (AvgIpc) is 3.13. The quantitative estimate of drug-likeness (QED) is 0.839. The minimum atomic E-state index is -0.392. The number of carbonyl (C=O) groups excluding carboxylic acids is 1. The molecule has 1 aliphatic heterocycles. The Labute approximate surface area is 164 Å². The molecule has 0 unspecified atom stereocenters. The second-order valence-corrected chi connectivity index (χ2v) is 7.19. The summed E-state index contributed by atoms with van der Waals surface area (Å²) in [5.74, 6) is 0.552. The van der Waals surface area contributed by atoms with Crippen LogP contribution in [-0.4, -0.2) is 64.0 Å². The van der Waals surface area contributed by atoms with Gasteiger partial charge in [-0.3, -0.25) is 4.79 Å². The van der Waals surface area contributed by atoms with E-state index in [9.17, 15) is 9.18 Å². The minimum Gasteiger partial charge on any atom is -0.363 e. The largest absolute Gasteiger partial charge is 0.363 e. The first-order chi connectivity index (χ1) is 13.3. The summed E-state index contributed by atoms with van der Waals surface area (Å²) >= 11 is 0. The van der Waals surface area contributed by atoms with Crippen LogP contribution >= 0.6 is 0 Å². The van der Waals surface area contributed by atoms with Crippen LogP contribution in [0.3, 0.4) is 0 Å². The number of aromatic nitrogens is 4. The van der Waals surface area contributed by atoms with E-state index in [2.05, 4.69) is 30.2 Å². The van der Waals surface area contributed by atoms with Crippen LogP contribution in [0, 0.1) is 19.7 Å². The molecule has 1 saturated heterocycles. The van der Waals surface area contributed by atoms with Crippen molar-refractivity contribution < 1.29 is 9.18 Å². The predicted molar refractivity (Wildman–Crippen MR) is 105 cm³/mol. The van der Waals surface area contributed by atoms with Crippen LogP contribution in [0.25, 0.3) is 0 Å². The summed E-state index contributed by atoms with van der Waals surface area (Å²) in [5, 5.41) is 3.19. The smallest absolute Gasteiger partial charge is 0.291 e. The van der Waals surface area contributed by atoms with Crippen molar-refractivity contribution in [3.8, 4) is 0 Å². The molecule has 2 aromatic heterocycles. The molecule has 1 atom stereocenters. The van der Waals surface area contributed by atoms with Crippen molar-refractivity contribution in [3.63, 3.8) is 0 Å². The third-order valence-electron chi connectivity index (χ3n) is 4.99. The summed E-state index contributed by atoms with van der Waals surface area (Å²) in [6.45, 7) is 7.07. The van der Waals surface area contributed by atoms with Gasteiger partial charge in [-0.25, -0.2) is 24.3 Å². The van der Waals surface area contributed by atoms with Crippen LogP contribution in [0.1, 0.15) is 40.9 Å². The highest BCUT2D eigenvalue weighted by atomic mass is 19.1. The molecule has 1 fully saturated rings. The van der Waals surface area contributed by atoms with Crippen molar-refractivity contribution in [3.05, 3.63) is 34.9 Å². The lowest BCUT2D eigenvalue weighted by molar-refractivity contribution is 0.0815. The average molecular weight is 387 g/mol. The zero-order chi connectivity index (χ0) is 20.4. The predicted octanol–water partition coefficient (Wildman–Crippen LogP) is 1.98. The molecule has 1 N–H and O–H groups in total. The van der Waals surface area contributed by atoms with E-state index in [0.717, 1.165) is 30.0 Å². The maximum Gasteiger partial charge on any atom is 0.291 e. The van der Waals surface area contributed by atoms with E-state index in [1.165, 1.54) is 11.2 Å². The zero-order valence-corrected chi connectivity index (χ0v) is 17.0. The van der Waals surface area contributed by atoms with E-state index in [-0.39, 0.29) is 23.6 Å². The number of nitrogens with one attached hydrogen (secondary N) is 1. The molecule has 28 heavy (non-hydrogen) atoms. The van der Waals surface area contributed by atoms with Gasteiger partial charge in [-0.1, -0.05) is 6.92 Å². The molecule has 9 heteroatoms. The fraction of sp³-hybridized carbons (Fsp3) is 0.526. The number of rotatable bonds is 5. The molecule has 150 valence electrons. The van der Waals surface area contributed by atoms with E-state index < -0.39 is 5.82 Å². The Hall–Kier alpha value is -2.84. The fourth-order valence-corrected chi connectivity index (χ4v) is 3.23. The molecule has 1 aliphatic rings. The summed E-state index contributed by atoms with van der Waals surface area (Å²) in [4.78, 5) is 32.7. The van der Waals surface area contributed by atoms with Crippen molar-refractivity contribution >= 4 is 17.5 Å². The van der Waals surface area contributed by atoms with Gasteiger partial charge < -0.3 is 15.1 Å². The minimum absolute atomic E-state index is 0.0248. The summed E-state index contributed by atoms with van der Waals surface area (Å²) in [5.41, 5.74) is 2.12. The molecule has 0 spiro atoms. The Balaban J connectivity index is 1.79. The van der Waals surface area contributed by atoms with Crippen LogP contribution in [0.4, 0.5) is 16.0 Å². The Morgan fingerprint density at radius 2 is 2.07 bits per heavy atom. The van der Waals surface area contributed by atoms with E-state index in [1.54, 1.807) is 14.1 Å². The number of aryl methyl sites for hydroxylation is 2. The van der Waals surface area contributed by atoms with Gasteiger partial charge in [-0.15, -0.1) is 0 Å².